The number of aromatic nitrogens is 1. The molecule has 0 spiro atoms. The fraction of sp³-hybridized carbons (Fsp3) is 0.600. The topological polar surface area (TPSA) is 70.6 Å². The van der Waals surface area contributed by atoms with Crippen molar-refractivity contribution in [3.8, 4) is 0 Å². The molecule has 0 radical (unpaired) electrons. The second kappa shape index (κ2) is 10.7. The van der Waals surface area contributed by atoms with Gasteiger partial charge < -0.3 is 20.7 Å². The number of nitrogens with one attached hydrogen (secondary N) is 3. The first-order valence-corrected chi connectivity index (χ1v) is 7.68. The molecule has 0 saturated heterocycles. The Hall–Kier alpha value is -2.03. The summed E-state index contributed by atoms with van der Waals surface area (Å²) in [6, 6.07) is 2.34. The molecule has 0 aliphatic carbocycles. The Morgan fingerprint density at radius 3 is 2.42 bits per heavy atom. The first-order chi connectivity index (χ1) is 11.5. The van der Waals surface area contributed by atoms with Gasteiger partial charge in [0.25, 0.3) is 0 Å². The van der Waals surface area contributed by atoms with Gasteiger partial charge in [0.1, 0.15) is 5.82 Å². The minimum absolute atomic E-state index is 0.421. The van der Waals surface area contributed by atoms with E-state index in [1.54, 1.807) is 14.2 Å². The van der Waals surface area contributed by atoms with E-state index in [0.717, 1.165) is 31.6 Å². The quantitative estimate of drug-likeness (QED) is 0.363. The maximum atomic E-state index is 12.4. The van der Waals surface area contributed by atoms with Crippen molar-refractivity contribution in [2.24, 2.45) is 4.99 Å². The highest BCUT2D eigenvalue weighted by molar-refractivity contribution is 5.79. The summed E-state index contributed by atoms with van der Waals surface area (Å²) in [6.07, 6.45) is -1.88. The van der Waals surface area contributed by atoms with Crippen molar-refractivity contribution in [2.45, 2.75) is 19.0 Å². The van der Waals surface area contributed by atoms with E-state index >= 15 is 0 Å². The summed E-state index contributed by atoms with van der Waals surface area (Å²) < 4.78 is 42.2. The van der Waals surface area contributed by atoms with Crippen molar-refractivity contribution in [2.75, 3.05) is 45.7 Å². The molecule has 0 aromatic carbocycles. The molecule has 3 N–H and O–H groups in total. The minimum atomic E-state index is -4.36. The van der Waals surface area contributed by atoms with Gasteiger partial charge >= 0.3 is 6.18 Å². The van der Waals surface area contributed by atoms with Gasteiger partial charge in [0.2, 0.25) is 0 Å². The van der Waals surface area contributed by atoms with Crippen molar-refractivity contribution in [3.05, 3.63) is 23.9 Å². The first-order valence-electron chi connectivity index (χ1n) is 7.68. The molecular weight excluding hydrogens is 323 g/mol. The van der Waals surface area contributed by atoms with Crippen LogP contribution in [0.2, 0.25) is 0 Å². The molecule has 6 nitrogen and oxygen atoms in total. The third kappa shape index (κ3) is 8.00. The van der Waals surface area contributed by atoms with E-state index in [-0.39, 0.29) is 0 Å². The normalized spacial score (nSPS) is 12.1. The number of aliphatic imine (C=N–C) groups is 1. The van der Waals surface area contributed by atoms with Crippen LogP contribution in [0.3, 0.4) is 0 Å². The zero-order valence-corrected chi connectivity index (χ0v) is 13.9. The standard InChI is InChI=1S/C15H24F3N5O/c1-19-14(22-9-4-10-24-2)21-8-3-7-20-13-6-5-12(11-23-13)15(16,17)18/h5-6,11H,3-4,7-10H2,1-2H3,(H,20,23)(H2,19,21,22). The molecule has 1 aromatic rings. The van der Waals surface area contributed by atoms with Crippen molar-refractivity contribution in [1.82, 2.24) is 15.6 Å². The van der Waals surface area contributed by atoms with Gasteiger partial charge in [-0.1, -0.05) is 0 Å². The van der Waals surface area contributed by atoms with E-state index < -0.39 is 11.7 Å². The molecule has 0 atom stereocenters. The number of rotatable bonds is 9. The molecule has 1 heterocycles. The number of ether oxygens (including phenoxy) is 1. The molecule has 0 fully saturated rings. The molecule has 1 rings (SSSR count). The van der Waals surface area contributed by atoms with E-state index in [1.807, 2.05) is 0 Å². The second-order valence-electron chi connectivity index (χ2n) is 4.98. The van der Waals surface area contributed by atoms with Gasteiger partial charge in [-0.2, -0.15) is 13.2 Å². The maximum Gasteiger partial charge on any atom is 0.417 e. The largest absolute Gasteiger partial charge is 0.417 e. The van der Waals surface area contributed by atoms with Crippen LogP contribution in [0, 0.1) is 0 Å². The molecule has 0 aliphatic rings. The third-order valence-electron chi connectivity index (χ3n) is 3.08. The number of anilines is 1. The van der Waals surface area contributed by atoms with Gasteiger partial charge in [-0.25, -0.2) is 4.98 Å². The summed E-state index contributed by atoms with van der Waals surface area (Å²) in [4.78, 5) is 7.84. The first kappa shape index (κ1) is 20.0. The Morgan fingerprint density at radius 1 is 1.17 bits per heavy atom. The second-order valence-corrected chi connectivity index (χ2v) is 4.98. The summed E-state index contributed by atoms with van der Waals surface area (Å²) in [7, 11) is 3.35. The lowest BCUT2D eigenvalue weighted by Gasteiger charge is -2.12. The van der Waals surface area contributed by atoms with E-state index in [9.17, 15) is 13.2 Å². The molecule has 9 heteroatoms. The molecule has 1 aromatic heterocycles. The minimum Gasteiger partial charge on any atom is -0.385 e. The van der Waals surface area contributed by atoms with Crippen LogP contribution in [0.5, 0.6) is 0 Å². The molecule has 0 aliphatic heterocycles. The average molecular weight is 347 g/mol. The molecular formula is C15H24F3N5O. The van der Waals surface area contributed by atoms with Gasteiger partial charge in [-0.15, -0.1) is 0 Å². The summed E-state index contributed by atoms with van der Waals surface area (Å²) in [5.74, 6) is 1.13. The lowest BCUT2D eigenvalue weighted by Crippen LogP contribution is -2.38. The number of pyridine rings is 1. The van der Waals surface area contributed by atoms with Crippen LogP contribution in [-0.4, -0.2) is 51.3 Å². The van der Waals surface area contributed by atoms with E-state index in [0.29, 0.717) is 31.5 Å². The Labute approximate surface area is 139 Å². The Balaban J connectivity index is 2.19. The number of alkyl halides is 3. The Kier molecular flexibility index (Phi) is 8.92. The Bertz CT molecular complexity index is 491. The number of hydrogen-bond donors (Lipinski definition) is 3. The van der Waals surface area contributed by atoms with Gasteiger partial charge in [-0.3, -0.25) is 4.99 Å². The number of nitrogens with zero attached hydrogens (tertiary/aromatic N) is 2. The fourth-order valence-electron chi connectivity index (χ4n) is 1.82. The molecule has 136 valence electrons. The summed E-state index contributed by atoms with van der Waals surface area (Å²) in [5.41, 5.74) is -0.752. The number of halogens is 3. The van der Waals surface area contributed by atoms with Gasteiger partial charge in [0.05, 0.1) is 5.56 Å². The van der Waals surface area contributed by atoms with E-state index in [2.05, 4.69) is 25.9 Å². The smallest absolute Gasteiger partial charge is 0.385 e. The molecule has 0 amide bonds. The van der Waals surface area contributed by atoms with E-state index in [1.165, 1.54) is 6.07 Å². The predicted octanol–water partition coefficient (Wildman–Crippen LogP) is 2.10. The summed E-state index contributed by atoms with van der Waals surface area (Å²) in [5, 5.41) is 9.28. The van der Waals surface area contributed by atoms with Crippen LogP contribution < -0.4 is 16.0 Å². The fourth-order valence-corrected chi connectivity index (χ4v) is 1.82. The Morgan fingerprint density at radius 2 is 1.88 bits per heavy atom. The van der Waals surface area contributed by atoms with Crippen molar-refractivity contribution < 1.29 is 17.9 Å². The zero-order valence-electron chi connectivity index (χ0n) is 13.9. The summed E-state index contributed by atoms with van der Waals surface area (Å²) in [6.45, 7) is 2.72. The lowest BCUT2D eigenvalue weighted by atomic mass is 10.3. The average Bonchev–Trinajstić information content (AvgIpc) is 2.56. The molecule has 0 bridgehead atoms. The highest BCUT2D eigenvalue weighted by Crippen LogP contribution is 2.28. The molecule has 0 saturated carbocycles. The number of guanidine groups is 1. The van der Waals surface area contributed by atoms with Crippen LogP contribution in [0.4, 0.5) is 19.0 Å². The summed E-state index contributed by atoms with van der Waals surface area (Å²) >= 11 is 0. The van der Waals surface area contributed by atoms with Gasteiger partial charge in [0, 0.05) is 46.6 Å². The van der Waals surface area contributed by atoms with Gasteiger partial charge in [0.15, 0.2) is 5.96 Å². The lowest BCUT2D eigenvalue weighted by molar-refractivity contribution is -0.137. The van der Waals surface area contributed by atoms with Crippen LogP contribution >= 0.6 is 0 Å². The molecule has 24 heavy (non-hydrogen) atoms. The SMILES string of the molecule is CN=C(NCCCNc1ccc(C(F)(F)F)cn1)NCCCOC. The maximum absolute atomic E-state index is 12.4. The zero-order chi connectivity index (χ0) is 17.8. The van der Waals surface area contributed by atoms with Crippen molar-refractivity contribution >= 4 is 11.8 Å². The van der Waals surface area contributed by atoms with Crippen molar-refractivity contribution in [1.29, 1.82) is 0 Å². The van der Waals surface area contributed by atoms with Crippen LogP contribution in [-0.2, 0) is 10.9 Å². The van der Waals surface area contributed by atoms with Crippen LogP contribution in [0.15, 0.2) is 23.3 Å². The monoisotopic (exact) mass is 347 g/mol. The highest BCUT2D eigenvalue weighted by Gasteiger charge is 2.30. The molecule has 0 unspecified atom stereocenters. The number of hydrogen-bond acceptors (Lipinski definition) is 4. The van der Waals surface area contributed by atoms with E-state index in [4.69, 9.17) is 4.74 Å². The van der Waals surface area contributed by atoms with Gasteiger partial charge in [-0.05, 0) is 25.0 Å². The third-order valence-corrected chi connectivity index (χ3v) is 3.08. The van der Waals surface area contributed by atoms with Crippen LogP contribution in [0.1, 0.15) is 18.4 Å². The van der Waals surface area contributed by atoms with Crippen LogP contribution in [0.25, 0.3) is 0 Å². The predicted molar refractivity (Wildman–Crippen MR) is 88.2 cm³/mol. The number of methoxy groups -OCH3 is 1. The highest BCUT2D eigenvalue weighted by atomic mass is 19.4. The van der Waals surface area contributed by atoms with Crippen molar-refractivity contribution in [3.63, 3.8) is 0 Å².